The summed E-state index contributed by atoms with van der Waals surface area (Å²) in [5.74, 6) is 0. The Hall–Kier alpha value is -0.0800. The van der Waals surface area contributed by atoms with Gasteiger partial charge in [-0.3, -0.25) is 0 Å². The quantitative estimate of drug-likeness (QED) is 0.589. The van der Waals surface area contributed by atoms with Crippen molar-refractivity contribution in [2.45, 2.75) is 52.6 Å². The van der Waals surface area contributed by atoms with Gasteiger partial charge in [0.1, 0.15) is 0 Å². The highest BCUT2D eigenvalue weighted by molar-refractivity contribution is 4.62. The topological polar surface area (TPSA) is 18.5 Å². The van der Waals surface area contributed by atoms with Gasteiger partial charge in [-0.1, -0.05) is 0 Å². The Labute approximate surface area is 69.9 Å². The third kappa shape index (κ3) is 7.82. The van der Waals surface area contributed by atoms with Crippen molar-refractivity contribution >= 4 is 0 Å². The van der Waals surface area contributed by atoms with Gasteiger partial charge in [0.25, 0.3) is 0 Å². The lowest BCUT2D eigenvalue weighted by Crippen LogP contribution is -2.29. The van der Waals surface area contributed by atoms with Crippen LogP contribution in [-0.4, -0.2) is 18.0 Å². The van der Waals surface area contributed by atoms with Crippen molar-refractivity contribution in [2.75, 3.05) is 0 Å². The Bertz CT molecular complexity index is 103. The first-order valence-electron chi connectivity index (χ1n) is 3.97. The van der Waals surface area contributed by atoms with Crippen molar-refractivity contribution in [3.63, 3.8) is 0 Å². The van der Waals surface area contributed by atoms with Crippen LogP contribution in [0.15, 0.2) is 0 Å². The average molecular weight is 159 g/mol. The molecule has 1 atom stereocenters. The van der Waals surface area contributed by atoms with Crippen molar-refractivity contribution in [3.8, 4) is 0 Å². The summed E-state index contributed by atoms with van der Waals surface area (Å²) in [7, 11) is 0. The predicted molar refractivity (Wildman–Crippen MR) is 46.2 cm³/mol. The third-order valence-corrected chi connectivity index (χ3v) is 0.909. The summed E-state index contributed by atoms with van der Waals surface area (Å²) in [5.41, 5.74) is -0.179. The molecule has 0 spiro atoms. The normalized spacial score (nSPS) is 15.5. The molecule has 0 aromatic carbocycles. The summed E-state index contributed by atoms with van der Waals surface area (Å²) in [4.78, 5) is 0. The molecule has 0 rings (SSSR count). The number of hydrogen-bond donors (Lipinski definition) is 0. The van der Waals surface area contributed by atoms with E-state index in [-0.39, 0.29) is 18.0 Å². The van der Waals surface area contributed by atoms with Gasteiger partial charge in [0.05, 0.1) is 11.7 Å². The lowest BCUT2D eigenvalue weighted by molar-refractivity contribution is -0.185. The van der Waals surface area contributed by atoms with E-state index >= 15 is 0 Å². The van der Waals surface area contributed by atoms with Crippen molar-refractivity contribution in [2.24, 2.45) is 0 Å². The Morgan fingerprint density at radius 1 is 1.18 bits per heavy atom. The van der Waals surface area contributed by atoms with E-state index in [2.05, 4.69) is 6.92 Å². The van der Waals surface area contributed by atoms with E-state index in [1.165, 1.54) is 0 Å². The van der Waals surface area contributed by atoms with E-state index < -0.39 is 0 Å². The van der Waals surface area contributed by atoms with Crippen LogP contribution in [0.2, 0.25) is 0 Å². The van der Waals surface area contributed by atoms with Crippen LogP contribution in [0.25, 0.3) is 0 Å². The van der Waals surface area contributed by atoms with Gasteiger partial charge in [-0.25, -0.2) is 0 Å². The number of hydrogen-bond acceptors (Lipinski definition) is 2. The van der Waals surface area contributed by atoms with E-state index in [9.17, 15) is 0 Å². The predicted octanol–water partition coefficient (Wildman–Crippen LogP) is 2.39. The molecule has 67 valence electrons. The summed E-state index contributed by atoms with van der Waals surface area (Å²) >= 11 is 0. The minimum absolute atomic E-state index is 0.167. The van der Waals surface area contributed by atoms with Crippen LogP contribution in [0.1, 0.15) is 34.6 Å². The zero-order chi connectivity index (χ0) is 9.07. The second-order valence-corrected chi connectivity index (χ2v) is 3.84. The van der Waals surface area contributed by atoms with Gasteiger partial charge in [0.15, 0.2) is 6.29 Å². The van der Waals surface area contributed by atoms with E-state index in [1.807, 2.05) is 34.6 Å². The lowest BCUT2D eigenvalue weighted by Gasteiger charge is -2.26. The maximum atomic E-state index is 5.42. The molecule has 0 aromatic rings. The van der Waals surface area contributed by atoms with E-state index in [0.29, 0.717) is 0 Å². The van der Waals surface area contributed by atoms with Crippen molar-refractivity contribution in [1.82, 2.24) is 0 Å². The molecule has 1 radical (unpaired) electrons. The monoisotopic (exact) mass is 159 g/mol. The highest BCUT2D eigenvalue weighted by Crippen LogP contribution is 2.11. The standard InChI is InChI=1S/C9H19O2/c1-7(2)10-8(3)11-9(4,5)6/h7-8H,3H2,1-2,4-6H3. The fraction of sp³-hybridized carbons (Fsp3) is 0.889. The SMILES string of the molecule is [CH2]C(OC(C)C)OC(C)(C)C. The first kappa shape index (κ1) is 10.9. The minimum atomic E-state index is -0.366. The summed E-state index contributed by atoms with van der Waals surface area (Å²) in [6, 6.07) is 0. The summed E-state index contributed by atoms with van der Waals surface area (Å²) in [5, 5.41) is 0. The zero-order valence-corrected chi connectivity index (χ0v) is 8.18. The molecule has 0 bridgehead atoms. The maximum absolute atomic E-state index is 5.42. The third-order valence-electron chi connectivity index (χ3n) is 0.909. The van der Waals surface area contributed by atoms with Gasteiger partial charge < -0.3 is 9.47 Å². The van der Waals surface area contributed by atoms with Gasteiger partial charge in [0, 0.05) is 6.92 Å². The smallest absolute Gasteiger partial charge is 0.158 e. The average Bonchev–Trinajstić information content (AvgIpc) is 1.53. The first-order chi connectivity index (χ1) is 4.81. The Balaban J connectivity index is 3.61. The van der Waals surface area contributed by atoms with E-state index in [1.54, 1.807) is 0 Å². The van der Waals surface area contributed by atoms with Crippen LogP contribution < -0.4 is 0 Å². The van der Waals surface area contributed by atoms with Crippen LogP contribution in [-0.2, 0) is 9.47 Å². The molecule has 0 N–H and O–H groups in total. The molecule has 0 fully saturated rings. The van der Waals surface area contributed by atoms with Crippen LogP contribution >= 0.6 is 0 Å². The first-order valence-corrected chi connectivity index (χ1v) is 3.97. The van der Waals surface area contributed by atoms with Gasteiger partial charge in [-0.15, -0.1) is 0 Å². The van der Waals surface area contributed by atoms with E-state index in [0.717, 1.165) is 0 Å². The summed E-state index contributed by atoms with van der Waals surface area (Å²) in [6.45, 7) is 13.6. The van der Waals surface area contributed by atoms with Gasteiger partial charge in [-0.05, 0) is 34.6 Å². The van der Waals surface area contributed by atoms with Gasteiger partial charge in [0.2, 0.25) is 0 Å². The molecule has 0 saturated carbocycles. The molecule has 11 heavy (non-hydrogen) atoms. The Morgan fingerprint density at radius 2 is 1.64 bits per heavy atom. The molecular weight excluding hydrogens is 140 g/mol. The number of ether oxygens (including phenoxy) is 2. The second kappa shape index (κ2) is 4.07. The van der Waals surface area contributed by atoms with Crippen molar-refractivity contribution in [3.05, 3.63) is 6.92 Å². The zero-order valence-electron chi connectivity index (χ0n) is 8.18. The molecule has 0 amide bonds. The molecule has 0 aliphatic rings. The fourth-order valence-corrected chi connectivity index (χ4v) is 0.726. The summed E-state index contributed by atoms with van der Waals surface area (Å²) < 4.78 is 10.7. The van der Waals surface area contributed by atoms with Crippen LogP contribution in [0.5, 0.6) is 0 Å². The minimum Gasteiger partial charge on any atom is -0.350 e. The largest absolute Gasteiger partial charge is 0.350 e. The van der Waals surface area contributed by atoms with Gasteiger partial charge >= 0.3 is 0 Å². The van der Waals surface area contributed by atoms with Crippen molar-refractivity contribution in [1.29, 1.82) is 0 Å². The molecule has 0 aliphatic carbocycles. The molecule has 1 unspecified atom stereocenters. The molecule has 0 aromatic heterocycles. The molecular formula is C9H19O2. The Morgan fingerprint density at radius 3 is 1.91 bits per heavy atom. The number of rotatable bonds is 3. The Kier molecular flexibility index (Phi) is 4.04. The van der Waals surface area contributed by atoms with Crippen LogP contribution in [0.4, 0.5) is 0 Å². The van der Waals surface area contributed by atoms with Crippen LogP contribution in [0, 0.1) is 6.92 Å². The lowest BCUT2D eigenvalue weighted by atomic mass is 10.2. The van der Waals surface area contributed by atoms with Gasteiger partial charge in [-0.2, -0.15) is 0 Å². The second-order valence-electron chi connectivity index (χ2n) is 3.84. The molecule has 0 heterocycles. The highest BCUT2D eigenvalue weighted by Gasteiger charge is 2.15. The molecule has 0 aliphatic heterocycles. The maximum Gasteiger partial charge on any atom is 0.158 e. The molecule has 2 heteroatoms. The van der Waals surface area contributed by atoms with E-state index in [4.69, 9.17) is 9.47 Å². The highest BCUT2D eigenvalue weighted by atomic mass is 16.7. The molecule has 0 saturated heterocycles. The fourth-order valence-electron chi connectivity index (χ4n) is 0.726. The van der Waals surface area contributed by atoms with Crippen LogP contribution in [0.3, 0.4) is 0 Å². The summed E-state index contributed by atoms with van der Waals surface area (Å²) in [6.07, 6.45) is -0.199. The van der Waals surface area contributed by atoms with Crippen molar-refractivity contribution < 1.29 is 9.47 Å². The molecule has 2 nitrogen and oxygen atoms in total.